The zero-order valence-electron chi connectivity index (χ0n) is 12.3. The number of rotatable bonds is 4. The highest BCUT2D eigenvalue weighted by Gasteiger charge is 2.23. The lowest BCUT2D eigenvalue weighted by Crippen LogP contribution is -2.39. The van der Waals surface area contributed by atoms with Crippen LogP contribution in [0.25, 0.3) is 0 Å². The molecule has 0 heterocycles. The summed E-state index contributed by atoms with van der Waals surface area (Å²) in [5.74, 6) is 0. The van der Waals surface area contributed by atoms with Crippen molar-refractivity contribution in [1.82, 2.24) is 5.32 Å². The Kier molecular flexibility index (Phi) is 4.80. The summed E-state index contributed by atoms with van der Waals surface area (Å²) in [5, 5.41) is 6.16. The molecule has 0 aliphatic heterocycles. The van der Waals surface area contributed by atoms with E-state index in [1.54, 1.807) is 0 Å². The average Bonchev–Trinajstić information content (AvgIpc) is 2.46. The minimum atomic E-state index is -1.80. The first-order chi connectivity index (χ1) is 9.42. The molecular weight excluding hydrogens is 281 g/mol. The van der Waals surface area contributed by atoms with Crippen LogP contribution in [0, 0.1) is 0 Å². The Bertz CT molecular complexity index is 544. The van der Waals surface area contributed by atoms with Gasteiger partial charge < -0.3 is 5.32 Å². The molecule has 1 nitrogen and oxygen atoms in total. The molecule has 106 valence electrons. The van der Waals surface area contributed by atoms with Crippen LogP contribution in [0.4, 0.5) is 0 Å². The molecule has 0 saturated carbocycles. The van der Waals surface area contributed by atoms with E-state index in [0.29, 0.717) is 0 Å². The van der Waals surface area contributed by atoms with Gasteiger partial charge in [-0.3, -0.25) is 0 Å². The van der Waals surface area contributed by atoms with Crippen LogP contribution in [0.5, 0.6) is 0 Å². The van der Waals surface area contributed by atoms with Crippen molar-refractivity contribution in [2.45, 2.75) is 26.3 Å². The zero-order valence-corrected chi connectivity index (χ0v) is 14.0. The van der Waals surface area contributed by atoms with Crippen molar-refractivity contribution in [3.8, 4) is 0 Å². The maximum absolute atomic E-state index is 6.15. The summed E-state index contributed by atoms with van der Waals surface area (Å²) >= 11 is 6.15. The van der Waals surface area contributed by atoms with Crippen LogP contribution in [-0.4, -0.2) is 11.8 Å². The Hall–Kier alpha value is -0.950. The minimum Gasteiger partial charge on any atom is -0.307 e. The van der Waals surface area contributed by atoms with Gasteiger partial charge in [-0.1, -0.05) is 72.5 Å². The first-order valence-electron chi connectivity index (χ1n) is 6.87. The molecule has 2 aromatic rings. The molecule has 0 unspecified atom stereocenters. The highest BCUT2D eigenvalue weighted by atomic mass is 32.4. The predicted octanol–water partition coefficient (Wildman–Crippen LogP) is 3.46. The lowest BCUT2D eigenvalue weighted by Gasteiger charge is -2.29. The second-order valence-electron chi connectivity index (χ2n) is 6.00. The summed E-state index contributed by atoms with van der Waals surface area (Å²) in [7, 11) is 0. The summed E-state index contributed by atoms with van der Waals surface area (Å²) in [6.45, 7) is 6.55. The quantitative estimate of drug-likeness (QED) is 0.868. The van der Waals surface area contributed by atoms with Crippen molar-refractivity contribution >= 4 is 28.5 Å². The van der Waals surface area contributed by atoms with Crippen molar-refractivity contribution in [3.05, 3.63) is 60.7 Å². The average molecular weight is 303 g/mol. The molecule has 3 heteroatoms. The molecule has 0 aliphatic rings. The lowest BCUT2D eigenvalue weighted by molar-refractivity contribution is 0.460. The monoisotopic (exact) mass is 303 g/mol. The van der Waals surface area contributed by atoms with Crippen LogP contribution in [0.2, 0.25) is 0 Å². The van der Waals surface area contributed by atoms with Crippen LogP contribution in [0.1, 0.15) is 20.8 Å². The summed E-state index contributed by atoms with van der Waals surface area (Å²) in [5.41, 5.74) is 0.0770. The fourth-order valence-electron chi connectivity index (χ4n) is 2.02. The van der Waals surface area contributed by atoms with E-state index in [2.05, 4.69) is 74.6 Å². The topological polar surface area (TPSA) is 12.0 Å². The third-order valence-corrected chi connectivity index (χ3v) is 7.70. The van der Waals surface area contributed by atoms with E-state index in [0.717, 1.165) is 6.29 Å². The van der Waals surface area contributed by atoms with Gasteiger partial charge in [0.1, 0.15) is 0 Å². The van der Waals surface area contributed by atoms with Crippen molar-refractivity contribution < 1.29 is 0 Å². The van der Waals surface area contributed by atoms with Crippen molar-refractivity contribution in [2.24, 2.45) is 0 Å². The van der Waals surface area contributed by atoms with Crippen LogP contribution < -0.4 is 15.9 Å². The number of benzene rings is 2. The van der Waals surface area contributed by atoms with Gasteiger partial charge in [0.2, 0.25) is 0 Å². The molecule has 0 aliphatic carbocycles. The molecule has 0 amide bonds. The largest absolute Gasteiger partial charge is 0.307 e. The molecule has 0 saturated heterocycles. The summed E-state index contributed by atoms with van der Waals surface area (Å²) < 4.78 is 0. The van der Waals surface area contributed by atoms with Gasteiger partial charge in [0, 0.05) is 17.9 Å². The minimum absolute atomic E-state index is 0.0770. The van der Waals surface area contributed by atoms with E-state index < -0.39 is 6.04 Å². The van der Waals surface area contributed by atoms with E-state index in [1.807, 2.05) is 12.1 Å². The lowest BCUT2D eigenvalue weighted by atomic mass is 10.1. The van der Waals surface area contributed by atoms with Gasteiger partial charge in [-0.15, -0.1) is 0 Å². The number of hydrogen-bond donors (Lipinski definition) is 1. The second-order valence-corrected chi connectivity index (χ2v) is 10.7. The molecule has 1 N–H and O–H groups in total. The Labute approximate surface area is 127 Å². The van der Waals surface area contributed by atoms with Crippen LogP contribution in [0.15, 0.2) is 60.7 Å². The summed E-state index contributed by atoms with van der Waals surface area (Å²) in [4.78, 5) is 0. The molecule has 2 rings (SSSR count). The first-order valence-corrected chi connectivity index (χ1v) is 9.86. The van der Waals surface area contributed by atoms with Crippen molar-refractivity contribution in [1.29, 1.82) is 0 Å². The Morgan fingerprint density at radius 1 is 0.850 bits per heavy atom. The van der Waals surface area contributed by atoms with E-state index in [-0.39, 0.29) is 5.54 Å². The molecule has 0 fully saturated rings. The third-order valence-electron chi connectivity index (χ3n) is 3.18. The van der Waals surface area contributed by atoms with Crippen LogP contribution in [0.3, 0.4) is 0 Å². The van der Waals surface area contributed by atoms with Crippen LogP contribution in [-0.2, 0) is 11.8 Å². The van der Waals surface area contributed by atoms with E-state index in [4.69, 9.17) is 11.8 Å². The van der Waals surface area contributed by atoms with Gasteiger partial charge in [-0.25, -0.2) is 0 Å². The Morgan fingerprint density at radius 3 is 1.60 bits per heavy atom. The van der Waals surface area contributed by atoms with Gasteiger partial charge in [-0.2, -0.15) is 0 Å². The molecule has 0 bridgehead atoms. The van der Waals surface area contributed by atoms with E-state index in [9.17, 15) is 0 Å². The van der Waals surface area contributed by atoms with Crippen molar-refractivity contribution in [2.75, 3.05) is 6.29 Å². The van der Waals surface area contributed by atoms with E-state index >= 15 is 0 Å². The molecule has 0 spiro atoms. The molecule has 2 aromatic carbocycles. The van der Waals surface area contributed by atoms with E-state index in [1.165, 1.54) is 10.6 Å². The van der Waals surface area contributed by atoms with Gasteiger partial charge in [0.25, 0.3) is 0 Å². The standard InChI is InChI=1S/C17H22NPS/c1-17(2,3)18-14-19(20,15-10-6-4-7-11-15)16-12-8-5-9-13-16/h4-13,18H,14H2,1-3H3. The molecular formula is C17H22NPS. The first kappa shape index (κ1) is 15.4. The second kappa shape index (κ2) is 6.22. The molecule has 20 heavy (non-hydrogen) atoms. The fourth-order valence-corrected chi connectivity index (χ4v) is 5.61. The predicted molar refractivity (Wildman–Crippen MR) is 94.2 cm³/mol. The van der Waals surface area contributed by atoms with Gasteiger partial charge in [0.15, 0.2) is 0 Å². The van der Waals surface area contributed by atoms with Gasteiger partial charge in [-0.05, 0) is 31.4 Å². The smallest absolute Gasteiger partial charge is 0.0328 e. The fraction of sp³-hybridized carbons (Fsp3) is 0.294. The summed E-state index contributed by atoms with van der Waals surface area (Å²) in [6.07, 6.45) is 0.847. The highest BCUT2D eigenvalue weighted by Crippen LogP contribution is 2.42. The zero-order chi connectivity index (χ0) is 14.6. The number of hydrogen-bond acceptors (Lipinski definition) is 2. The van der Waals surface area contributed by atoms with Gasteiger partial charge in [0.05, 0.1) is 0 Å². The normalized spacial score (nSPS) is 12.3. The highest BCUT2D eigenvalue weighted by molar-refractivity contribution is 8.21. The molecule has 0 aromatic heterocycles. The SMILES string of the molecule is CC(C)(C)NCP(=S)(c1ccccc1)c1ccccc1. The Balaban J connectivity index is 2.42. The third kappa shape index (κ3) is 3.79. The number of nitrogens with one attached hydrogen (secondary N) is 1. The molecule has 0 atom stereocenters. The summed E-state index contributed by atoms with van der Waals surface area (Å²) in [6, 6.07) is 19.3. The van der Waals surface area contributed by atoms with Crippen molar-refractivity contribution in [3.63, 3.8) is 0 Å². The van der Waals surface area contributed by atoms with Crippen LogP contribution >= 0.6 is 6.04 Å². The maximum atomic E-state index is 6.15. The Morgan fingerprint density at radius 2 is 1.25 bits per heavy atom. The maximum Gasteiger partial charge on any atom is 0.0328 e. The molecule has 0 radical (unpaired) electrons. The van der Waals surface area contributed by atoms with Gasteiger partial charge >= 0.3 is 0 Å².